The zero-order chi connectivity index (χ0) is 19.3. The van der Waals surface area contributed by atoms with Crippen molar-refractivity contribution in [3.8, 4) is 0 Å². The molecule has 0 aliphatic carbocycles. The maximum Gasteiger partial charge on any atom is 0.287 e. The summed E-state index contributed by atoms with van der Waals surface area (Å²) in [4.78, 5) is 13.8. The second-order valence-corrected chi connectivity index (χ2v) is 9.04. The second-order valence-electron chi connectivity index (χ2n) is 5.98. The molecule has 0 bridgehead atoms. The molecule has 0 aliphatic rings. The van der Waals surface area contributed by atoms with Gasteiger partial charge < -0.3 is 9.73 Å². The minimum Gasteiger partial charge on any atom is -0.459 e. The fraction of sp³-hybridized carbons (Fsp3) is 0.150. The maximum atomic E-state index is 12.4. The van der Waals surface area contributed by atoms with Gasteiger partial charge in [-0.2, -0.15) is 0 Å². The molecule has 0 spiro atoms. The minimum atomic E-state index is -3.23. The van der Waals surface area contributed by atoms with Crippen molar-refractivity contribution in [2.45, 2.75) is 22.1 Å². The van der Waals surface area contributed by atoms with Crippen LogP contribution >= 0.6 is 11.8 Å². The molecule has 5 nitrogen and oxygen atoms in total. The quantitative estimate of drug-likeness (QED) is 0.608. The summed E-state index contributed by atoms with van der Waals surface area (Å²) < 4.78 is 28.3. The van der Waals surface area contributed by atoms with Crippen LogP contribution in [0.5, 0.6) is 0 Å². The summed E-state index contributed by atoms with van der Waals surface area (Å²) in [6, 6.07) is 18.2. The Hall–Kier alpha value is -2.51. The molecule has 0 fully saturated rings. The van der Waals surface area contributed by atoms with E-state index in [-0.39, 0.29) is 17.3 Å². The first-order valence-electron chi connectivity index (χ1n) is 8.25. The molecule has 7 heteroatoms. The van der Waals surface area contributed by atoms with Gasteiger partial charge >= 0.3 is 0 Å². The Labute approximate surface area is 162 Å². The molecule has 0 atom stereocenters. The Kier molecular flexibility index (Phi) is 6.03. The number of nitrogens with one attached hydrogen (secondary N) is 1. The summed E-state index contributed by atoms with van der Waals surface area (Å²) in [5.74, 6) is 0.633. The SMILES string of the molecule is CS(=O)(=O)c1ccc(CNC(=O)c2occc2CSc2ccccc2)cc1. The Morgan fingerprint density at radius 3 is 2.41 bits per heavy atom. The summed E-state index contributed by atoms with van der Waals surface area (Å²) in [5, 5.41) is 2.81. The highest BCUT2D eigenvalue weighted by atomic mass is 32.2. The molecule has 0 aliphatic heterocycles. The topological polar surface area (TPSA) is 76.4 Å². The van der Waals surface area contributed by atoms with Gasteiger partial charge in [0.05, 0.1) is 11.2 Å². The van der Waals surface area contributed by atoms with Gasteiger partial charge in [0.15, 0.2) is 15.6 Å². The van der Waals surface area contributed by atoms with Crippen molar-refractivity contribution in [2.75, 3.05) is 6.26 Å². The van der Waals surface area contributed by atoms with Gasteiger partial charge in [0.2, 0.25) is 0 Å². The number of furan rings is 1. The number of sulfone groups is 1. The number of hydrogen-bond donors (Lipinski definition) is 1. The number of thioether (sulfide) groups is 1. The molecule has 2 aromatic carbocycles. The van der Waals surface area contributed by atoms with Gasteiger partial charge in [-0.05, 0) is 35.9 Å². The number of benzene rings is 2. The molecule has 0 saturated carbocycles. The number of amides is 1. The summed E-state index contributed by atoms with van der Waals surface area (Å²) >= 11 is 1.63. The molecular weight excluding hydrogens is 382 g/mol. The Morgan fingerprint density at radius 1 is 1.04 bits per heavy atom. The molecule has 1 aromatic heterocycles. The average molecular weight is 402 g/mol. The van der Waals surface area contributed by atoms with E-state index in [4.69, 9.17) is 4.42 Å². The van der Waals surface area contributed by atoms with Crippen LogP contribution < -0.4 is 5.32 Å². The average Bonchev–Trinajstić information content (AvgIpc) is 3.13. The van der Waals surface area contributed by atoms with Gasteiger partial charge in [0.25, 0.3) is 5.91 Å². The van der Waals surface area contributed by atoms with E-state index in [0.29, 0.717) is 11.5 Å². The summed E-state index contributed by atoms with van der Waals surface area (Å²) in [7, 11) is -3.23. The Balaban J connectivity index is 1.59. The van der Waals surface area contributed by atoms with E-state index in [9.17, 15) is 13.2 Å². The zero-order valence-corrected chi connectivity index (χ0v) is 16.3. The number of carbonyl (C=O) groups excluding carboxylic acids is 1. The van der Waals surface area contributed by atoms with Crippen LogP contribution in [0.1, 0.15) is 21.7 Å². The molecule has 140 valence electrons. The standard InChI is InChI=1S/C20H19NO4S2/c1-27(23,24)18-9-7-15(8-10-18)13-21-20(22)19-16(11-12-25-19)14-26-17-5-3-2-4-6-17/h2-12H,13-14H2,1H3,(H,21,22). The van der Waals surface area contributed by atoms with Gasteiger partial charge in [0.1, 0.15) is 0 Å². The van der Waals surface area contributed by atoms with Crippen molar-refractivity contribution in [3.05, 3.63) is 83.8 Å². The highest BCUT2D eigenvalue weighted by Crippen LogP contribution is 2.24. The fourth-order valence-corrected chi connectivity index (χ4v) is 3.97. The van der Waals surface area contributed by atoms with Gasteiger partial charge in [-0.15, -0.1) is 11.8 Å². The number of hydrogen-bond acceptors (Lipinski definition) is 5. The maximum absolute atomic E-state index is 12.4. The largest absolute Gasteiger partial charge is 0.459 e. The number of rotatable bonds is 7. The highest BCUT2D eigenvalue weighted by Gasteiger charge is 2.15. The first-order chi connectivity index (χ1) is 12.9. The van der Waals surface area contributed by atoms with Crippen LogP contribution in [0.2, 0.25) is 0 Å². The van der Waals surface area contributed by atoms with Crippen LogP contribution in [0, 0.1) is 0 Å². The first kappa shape index (κ1) is 19.3. The van der Waals surface area contributed by atoms with Crippen LogP contribution in [-0.2, 0) is 22.1 Å². The van der Waals surface area contributed by atoms with Crippen molar-refractivity contribution in [1.29, 1.82) is 0 Å². The number of carbonyl (C=O) groups is 1. The first-order valence-corrected chi connectivity index (χ1v) is 11.1. The third kappa shape index (κ3) is 5.24. The molecule has 0 radical (unpaired) electrons. The molecule has 3 rings (SSSR count). The molecule has 0 saturated heterocycles. The summed E-state index contributed by atoms with van der Waals surface area (Å²) in [5.41, 5.74) is 1.64. The molecule has 1 heterocycles. The van der Waals surface area contributed by atoms with Crippen molar-refractivity contribution in [2.24, 2.45) is 0 Å². The van der Waals surface area contributed by atoms with Crippen molar-refractivity contribution >= 4 is 27.5 Å². The van der Waals surface area contributed by atoms with E-state index < -0.39 is 9.84 Å². The predicted molar refractivity (Wildman–Crippen MR) is 105 cm³/mol. The van der Waals surface area contributed by atoms with Gasteiger partial charge in [-0.1, -0.05) is 30.3 Å². The smallest absolute Gasteiger partial charge is 0.287 e. The normalized spacial score (nSPS) is 11.3. The van der Waals surface area contributed by atoms with E-state index in [1.807, 2.05) is 30.3 Å². The highest BCUT2D eigenvalue weighted by molar-refractivity contribution is 7.98. The van der Waals surface area contributed by atoms with Crippen LogP contribution in [0.3, 0.4) is 0 Å². The van der Waals surface area contributed by atoms with Gasteiger partial charge in [-0.25, -0.2) is 8.42 Å². The van der Waals surface area contributed by atoms with Crippen molar-refractivity contribution in [3.63, 3.8) is 0 Å². The van der Waals surface area contributed by atoms with E-state index in [0.717, 1.165) is 22.3 Å². The Bertz CT molecular complexity index is 1010. The lowest BCUT2D eigenvalue weighted by atomic mass is 10.2. The van der Waals surface area contributed by atoms with E-state index in [2.05, 4.69) is 5.32 Å². The lowest BCUT2D eigenvalue weighted by molar-refractivity contribution is 0.0922. The van der Waals surface area contributed by atoms with Crippen LogP contribution in [-0.4, -0.2) is 20.6 Å². The molecular formula is C20H19NO4S2. The summed E-state index contributed by atoms with van der Waals surface area (Å²) in [6.07, 6.45) is 2.67. The second kappa shape index (κ2) is 8.45. The molecule has 0 unspecified atom stereocenters. The van der Waals surface area contributed by atoms with E-state index in [1.165, 1.54) is 18.4 Å². The summed E-state index contributed by atoms with van der Waals surface area (Å²) in [6.45, 7) is 0.287. The Morgan fingerprint density at radius 2 is 1.74 bits per heavy atom. The van der Waals surface area contributed by atoms with E-state index in [1.54, 1.807) is 30.0 Å². The minimum absolute atomic E-state index is 0.254. The van der Waals surface area contributed by atoms with Gasteiger partial charge in [0, 0.05) is 29.0 Å². The molecule has 3 aromatic rings. The van der Waals surface area contributed by atoms with Crippen molar-refractivity contribution in [1.82, 2.24) is 5.32 Å². The van der Waals surface area contributed by atoms with Crippen LogP contribution in [0.15, 0.2) is 81.1 Å². The van der Waals surface area contributed by atoms with Crippen LogP contribution in [0.4, 0.5) is 0 Å². The monoisotopic (exact) mass is 401 g/mol. The lowest BCUT2D eigenvalue weighted by Crippen LogP contribution is -2.23. The molecule has 1 N–H and O–H groups in total. The third-order valence-electron chi connectivity index (χ3n) is 3.90. The van der Waals surface area contributed by atoms with Crippen molar-refractivity contribution < 1.29 is 17.6 Å². The van der Waals surface area contributed by atoms with Crippen LogP contribution in [0.25, 0.3) is 0 Å². The third-order valence-corrected chi connectivity index (χ3v) is 6.08. The predicted octanol–water partition coefficient (Wildman–Crippen LogP) is 3.91. The molecule has 1 amide bonds. The lowest BCUT2D eigenvalue weighted by Gasteiger charge is -2.06. The molecule has 27 heavy (non-hydrogen) atoms. The zero-order valence-electron chi connectivity index (χ0n) is 14.7. The van der Waals surface area contributed by atoms with E-state index >= 15 is 0 Å². The fourth-order valence-electron chi connectivity index (χ4n) is 2.44. The van der Waals surface area contributed by atoms with Gasteiger partial charge in [-0.3, -0.25) is 4.79 Å².